The summed E-state index contributed by atoms with van der Waals surface area (Å²) in [6.07, 6.45) is -3.84. The third-order valence-corrected chi connectivity index (χ3v) is 3.30. The SMILES string of the molecule is CCOC(=O)c1cnc2cc(C(F)(F)F)ccc2c1OSC(F)(F)F. The fraction of sp³-hybridized carbons (Fsp3) is 0.286. The molecule has 0 bridgehead atoms. The van der Waals surface area contributed by atoms with E-state index in [1.165, 1.54) is 6.92 Å². The van der Waals surface area contributed by atoms with E-state index in [9.17, 15) is 31.1 Å². The molecule has 0 aliphatic rings. The maximum Gasteiger partial charge on any atom is 0.479 e. The molecule has 1 aromatic carbocycles. The largest absolute Gasteiger partial charge is 0.479 e. The standard InChI is InChI=1S/C14H9F6NO3S/c1-2-23-12(22)9-6-21-10-5-7(13(15,16)17)3-4-8(10)11(9)24-25-14(18,19)20/h3-6H,2H2,1H3. The van der Waals surface area contributed by atoms with Crippen LogP contribution in [0.3, 0.4) is 0 Å². The van der Waals surface area contributed by atoms with E-state index in [-0.39, 0.29) is 17.5 Å². The monoisotopic (exact) mass is 385 g/mol. The quantitative estimate of drug-likeness (QED) is 0.422. The van der Waals surface area contributed by atoms with Crippen LogP contribution in [0.4, 0.5) is 26.3 Å². The van der Waals surface area contributed by atoms with Gasteiger partial charge >= 0.3 is 17.7 Å². The third kappa shape index (κ3) is 4.68. The number of pyridine rings is 1. The average molecular weight is 385 g/mol. The molecule has 1 aromatic heterocycles. The first-order chi connectivity index (χ1) is 11.5. The van der Waals surface area contributed by atoms with E-state index in [1.54, 1.807) is 0 Å². The summed E-state index contributed by atoms with van der Waals surface area (Å²) in [7, 11) is 0. The molecule has 11 heteroatoms. The summed E-state index contributed by atoms with van der Waals surface area (Å²) in [6.45, 7) is 1.42. The Balaban J connectivity index is 2.58. The molecule has 136 valence electrons. The van der Waals surface area contributed by atoms with Crippen molar-refractivity contribution in [3.05, 3.63) is 35.5 Å². The minimum absolute atomic E-state index is 0.0598. The lowest BCUT2D eigenvalue weighted by atomic mass is 10.1. The molecule has 25 heavy (non-hydrogen) atoms. The number of fused-ring (bicyclic) bond motifs is 1. The van der Waals surface area contributed by atoms with Gasteiger partial charge in [0.2, 0.25) is 0 Å². The van der Waals surface area contributed by atoms with Crippen LogP contribution < -0.4 is 4.18 Å². The van der Waals surface area contributed by atoms with Crippen LogP contribution in [0.1, 0.15) is 22.8 Å². The molecule has 4 nitrogen and oxygen atoms in total. The first-order valence-electron chi connectivity index (χ1n) is 6.62. The Hall–Kier alpha value is -2.17. The maximum absolute atomic E-state index is 12.7. The van der Waals surface area contributed by atoms with Crippen molar-refractivity contribution in [3.8, 4) is 5.75 Å². The number of hydrogen-bond acceptors (Lipinski definition) is 5. The van der Waals surface area contributed by atoms with Crippen LogP contribution in [0.15, 0.2) is 24.4 Å². The van der Waals surface area contributed by atoms with Gasteiger partial charge in [0.25, 0.3) is 0 Å². The van der Waals surface area contributed by atoms with E-state index in [0.29, 0.717) is 12.1 Å². The zero-order chi connectivity index (χ0) is 18.8. The number of nitrogens with zero attached hydrogens (tertiary/aromatic N) is 1. The van der Waals surface area contributed by atoms with Crippen molar-refractivity contribution < 1.29 is 40.1 Å². The Morgan fingerprint density at radius 3 is 2.44 bits per heavy atom. The van der Waals surface area contributed by atoms with Crippen LogP contribution in [0, 0.1) is 0 Å². The lowest BCUT2D eigenvalue weighted by molar-refractivity contribution is -0.137. The van der Waals surface area contributed by atoms with Crippen molar-refractivity contribution >= 4 is 28.9 Å². The number of esters is 1. The van der Waals surface area contributed by atoms with Crippen molar-refractivity contribution in [2.24, 2.45) is 0 Å². The summed E-state index contributed by atoms with van der Waals surface area (Å²) in [5, 5.41) is -0.185. The van der Waals surface area contributed by atoms with E-state index in [2.05, 4.69) is 9.17 Å². The van der Waals surface area contributed by atoms with E-state index < -0.39 is 46.6 Å². The van der Waals surface area contributed by atoms with Gasteiger partial charge in [-0.15, -0.1) is 0 Å². The number of aromatic nitrogens is 1. The highest BCUT2D eigenvalue weighted by molar-refractivity contribution is 7.95. The van der Waals surface area contributed by atoms with Crippen LogP contribution in [0.5, 0.6) is 5.75 Å². The van der Waals surface area contributed by atoms with Crippen LogP contribution in [-0.2, 0) is 10.9 Å². The zero-order valence-corrected chi connectivity index (χ0v) is 13.2. The Morgan fingerprint density at radius 1 is 1.20 bits per heavy atom. The van der Waals surface area contributed by atoms with Gasteiger partial charge in [-0.1, -0.05) is 0 Å². The predicted octanol–water partition coefficient (Wildman–Crippen LogP) is 4.98. The molecule has 2 rings (SSSR count). The van der Waals surface area contributed by atoms with Gasteiger partial charge in [-0.3, -0.25) is 4.98 Å². The molecule has 0 amide bonds. The summed E-state index contributed by atoms with van der Waals surface area (Å²) in [6, 6.07) is 2.19. The van der Waals surface area contributed by atoms with Gasteiger partial charge in [0, 0.05) is 11.6 Å². The van der Waals surface area contributed by atoms with E-state index in [1.807, 2.05) is 0 Å². The normalized spacial score (nSPS) is 12.3. The molecule has 0 unspecified atom stereocenters. The molecule has 1 heterocycles. The molecule has 0 saturated carbocycles. The van der Waals surface area contributed by atoms with Gasteiger partial charge in [-0.05, 0) is 25.1 Å². The Bertz CT molecular complexity index is 790. The molecule has 0 aliphatic heterocycles. The summed E-state index contributed by atoms with van der Waals surface area (Å²) in [5.41, 5.74) is -6.52. The van der Waals surface area contributed by atoms with Gasteiger partial charge < -0.3 is 8.92 Å². The smallest absolute Gasteiger partial charge is 0.462 e. The number of alkyl halides is 6. The highest BCUT2D eigenvalue weighted by Crippen LogP contribution is 2.39. The second-order valence-electron chi connectivity index (χ2n) is 4.56. The van der Waals surface area contributed by atoms with Gasteiger partial charge in [0.15, 0.2) is 17.8 Å². The lowest BCUT2D eigenvalue weighted by Crippen LogP contribution is -2.10. The molecular weight excluding hydrogens is 376 g/mol. The van der Waals surface area contributed by atoms with Gasteiger partial charge in [-0.2, -0.15) is 26.3 Å². The molecule has 0 spiro atoms. The summed E-state index contributed by atoms with van der Waals surface area (Å²) in [5.74, 6) is -1.57. The highest BCUT2D eigenvalue weighted by atomic mass is 32.2. The van der Waals surface area contributed by atoms with Crippen molar-refractivity contribution in [3.63, 3.8) is 0 Å². The van der Waals surface area contributed by atoms with Gasteiger partial charge in [0.05, 0.1) is 17.7 Å². The second-order valence-corrected chi connectivity index (χ2v) is 5.36. The molecule has 0 saturated heterocycles. The number of halogens is 6. The molecule has 0 radical (unpaired) electrons. The van der Waals surface area contributed by atoms with Gasteiger partial charge in [0.1, 0.15) is 5.56 Å². The average Bonchev–Trinajstić information content (AvgIpc) is 2.50. The summed E-state index contributed by atoms with van der Waals surface area (Å²) >= 11 is -0.897. The van der Waals surface area contributed by atoms with Crippen LogP contribution >= 0.6 is 12.0 Å². The fourth-order valence-corrected chi connectivity index (χ4v) is 2.23. The number of carbonyl (C=O) groups is 1. The number of rotatable bonds is 4. The molecule has 0 aliphatic carbocycles. The topological polar surface area (TPSA) is 48.4 Å². The van der Waals surface area contributed by atoms with Crippen molar-refractivity contribution in [2.45, 2.75) is 18.6 Å². The summed E-state index contributed by atoms with van der Waals surface area (Å²) in [4.78, 5) is 15.5. The van der Waals surface area contributed by atoms with Crippen LogP contribution in [0.25, 0.3) is 10.9 Å². The molecular formula is C14H9F6NO3S. The Kier molecular flexibility index (Phi) is 5.35. The van der Waals surface area contributed by atoms with E-state index in [0.717, 1.165) is 12.3 Å². The minimum Gasteiger partial charge on any atom is -0.462 e. The molecule has 2 aromatic rings. The molecule has 0 N–H and O–H groups in total. The number of benzene rings is 1. The van der Waals surface area contributed by atoms with Crippen LogP contribution in [-0.4, -0.2) is 23.1 Å². The predicted molar refractivity (Wildman–Crippen MR) is 77.0 cm³/mol. The Labute approximate surface area is 141 Å². The first-order valence-corrected chi connectivity index (χ1v) is 7.36. The van der Waals surface area contributed by atoms with E-state index >= 15 is 0 Å². The third-order valence-electron chi connectivity index (χ3n) is 2.86. The number of hydrogen-bond donors (Lipinski definition) is 0. The first kappa shape index (κ1) is 19.2. The lowest BCUT2D eigenvalue weighted by Gasteiger charge is -2.14. The van der Waals surface area contributed by atoms with Crippen molar-refractivity contribution in [1.82, 2.24) is 4.98 Å². The summed E-state index contributed by atoms with van der Waals surface area (Å²) < 4.78 is 84.7. The molecule has 0 atom stereocenters. The fourth-order valence-electron chi connectivity index (χ4n) is 1.88. The van der Waals surface area contributed by atoms with Crippen molar-refractivity contribution in [1.29, 1.82) is 0 Å². The van der Waals surface area contributed by atoms with Crippen molar-refractivity contribution in [2.75, 3.05) is 6.61 Å². The molecule has 0 fully saturated rings. The zero-order valence-electron chi connectivity index (χ0n) is 12.4. The number of carbonyl (C=O) groups excluding carboxylic acids is 1. The Morgan fingerprint density at radius 2 is 1.88 bits per heavy atom. The van der Waals surface area contributed by atoms with E-state index in [4.69, 9.17) is 4.74 Å². The van der Waals surface area contributed by atoms with Gasteiger partial charge in [-0.25, -0.2) is 4.79 Å². The maximum atomic E-state index is 12.7. The minimum atomic E-state index is -4.78. The highest BCUT2D eigenvalue weighted by Gasteiger charge is 2.34. The number of ether oxygens (including phenoxy) is 1. The second kappa shape index (κ2) is 6.98. The van der Waals surface area contributed by atoms with Crippen LogP contribution in [0.2, 0.25) is 0 Å².